The average molecular weight is 1520 g/mol. The molecule has 0 spiro atoms. The van der Waals surface area contributed by atoms with Crippen LogP contribution in [0.3, 0.4) is 0 Å². The van der Waals surface area contributed by atoms with E-state index in [0.29, 0.717) is 86.4 Å². The minimum Gasteiger partial charge on any atom is -0.542 e. The number of furan rings is 3. The zero-order chi connectivity index (χ0) is 79.5. The van der Waals surface area contributed by atoms with Gasteiger partial charge in [-0.15, -0.1) is 0 Å². The molecule has 3 aliphatic rings. The first-order valence-corrected chi connectivity index (χ1v) is 35.7. The van der Waals surface area contributed by atoms with Gasteiger partial charge in [0.15, 0.2) is 17.5 Å². The molecule has 3 fully saturated rings. The van der Waals surface area contributed by atoms with Crippen molar-refractivity contribution in [2.45, 2.75) is 118 Å². The van der Waals surface area contributed by atoms with Crippen LogP contribution in [0.15, 0.2) is 161 Å². The topological polar surface area (TPSA) is 401 Å². The number of nitrogens with two attached hydrogens (primary N) is 2. The number of benzene rings is 3. The Kier molecular flexibility index (Phi) is 29.0. The molecule has 111 heavy (non-hydrogen) atoms. The van der Waals surface area contributed by atoms with E-state index in [2.05, 4.69) is 55.7 Å². The normalized spacial score (nSPS) is 13.7. The van der Waals surface area contributed by atoms with Crippen LogP contribution in [-0.2, 0) is 31.8 Å². The third kappa shape index (κ3) is 26.2. The molecule has 3 aliphatic heterocycles. The molecule has 32 heteroatoms. The largest absolute Gasteiger partial charge is 1.00 e. The molecule has 0 radical (unpaired) electrons. The van der Waals surface area contributed by atoms with Gasteiger partial charge in [-0.3, -0.25) is 20.2 Å². The SMILES string of the molecule is CC(C)(C)OC(=O)N1CCN(c2cnc(C(=O)[O-])nc2)CC1.CC(C)(C)OC(=O)Nc1ccc(-c2ccoc2)cc1CC(=O)c1ncc(N2CCN(C(=O)OC(C)(C)C)CC2)cn1.CC(C)(C)OC(=O)Nc1ccc(-c2ccoc2)cc1N.Nc1ccc(-c2ccoc2)cc1CC(=O)c1ncc(N2CCNCC2)cn1.[Li+]. The zero-order valence-corrected chi connectivity index (χ0v) is 65.0. The third-order valence-corrected chi connectivity index (χ3v) is 16.5. The van der Waals surface area contributed by atoms with Crippen LogP contribution >= 0.6 is 0 Å². The number of nitrogens with one attached hydrogen (secondary N) is 3. The summed E-state index contributed by atoms with van der Waals surface area (Å²) in [6, 6.07) is 21.9. The summed E-state index contributed by atoms with van der Waals surface area (Å²) in [7, 11) is 0. The van der Waals surface area contributed by atoms with Crippen molar-refractivity contribution in [1.82, 2.24) is 45.0 Å². The van der Waals surface area contributed by atoms with Gasteiger partial charge >= 0.3 is 43.2 Å². The number of aromatic carboxylic acids is 1. The summed E-state index contributed by atoms with van der Waals surface area (Å²) in [5, 5.41) is 19.3. The molecular formula is C79H95LiN16O15. The number of hydrogen-bond donors (Lipinski definition) is 5. The molecule has 0 atom stereocenters. The number of Topliss-reactive ketones (excluding diaryl/α,β-unsaturated/α-hetero) is 2. The molecule has 7 N–H and O–H groups in total. The predicted molar refractivity (Wildman–Crippen MR) is 413 cm³/mol. The first kappa shape index (κ1) is 84.8. The first-order valence-electron chi connectivity index (χ1n) is 35.7. The quantitative estimate of drug-likeness (QED) is 0.0278. The van der Waals surface area contributed by atoms with Gasteiger partial charge < -0.3 is 83.4 Å². The third-order valence-electron chi connectivity index (χ3n) is 16.5. The standard InChI is InChI=1S/C30H37N5O6.C20H21N5O2.C15H18N2O3.C14H20N4O4.Li/c1-29(2,3)40-27(37)33-24-8-7-20(21-9-14-39-19-21)15-22(24)16-25(36)26-31-17-23(18-32-26)34-10-12-35(13-11-34)28(38)41-30(4,5)6;21-18-2-1-14(15-3-8-27-13-15)9-16(18)10-19(26)20-23-11-17(12-24-20)25-6-4-22-5-7-25;1-15(2,3)20-14(18)17-13-5-4-10(8-12(13)16)11-6-7-19-9-11;1-14(2,3)22-13(21)18-6-4-17(5-7-18)10-8-15-11(12(19)20)16-9-10;/h7-9,14-15,17-19H,10-13,16H2,1-6H3,(H,33,37);1-3,8-9,11-13,22H,4-7,10,21H2;4-9H,16H2,1-3H3,(H,17,18);8-9H,4-7H2,1-3H3,(H,19,20);/q;;;;+1/p-1. The number of aromatic nitrogens is 6. The molecular weight excluding hydrogens is 1420 g/mol. The monoisotopic (exact) mass is 1510 g/mol. The number of ketones is 2. The Morgan fingerprint density at radius 1 is 0.423 bits per heavy atom. The maximum atomic E-state index is 13.2. The van der Waals surface area contributed by atoms with Crippen LogP contribution in [0.2, 0.25) is 0 Å². The fourth-order valence-corrected chi connectivity index (χ4v) is 11.2. The maximum absolute atomic E-state index is 13.2. The molecule has 0 aliphatic carbocycles. The van der Waals surface area contributed by atoms with E-state index in [4.69, 9.17) is 43.7 Å². The number of ether oxygens (including phenoxy) is 4. The van der Waals surface area contributed by atoms with E-state index in [0.717, 1.165) is 76.5 Å². The van der Waals surface area contributed by atoms with Gasteiger partial charge in [-0.05, 0) is 165 Å². The van der Waals surface area contributed by atoms with Crippen molar-refractivity contribution in [3.05, 3.63) is 176 Å². The second kappa shape index (κ2) is 38.0. The minimum absolute atomic E-state index is 0. The Hall–Kier alpha value is -11.8. The van der Waals surface area contributed by atoms with E-state index in [1.807, 2.05) is 95.0 Å². The number of piperazine rings is 3. The van der Waals surface area contributed by atoms with Gasteiger partial charge in [-0.25, -0.2) is 49.1 Å². The molecule has 31 nitrogen and oxygen atoms in total. The van der Waals surface area contributed by atoms with Crippen molar-refractivity contribution >= 4 is 81.7 Å². The molecule has 3 saturated heterocycles. The summed E-state index contributed by atoms with van der Waals surface area (Å²) in [6.07, 6.45) is 17.6. The zero-order valence-electron chi connectivity index (χ0n) is 65.0. The fourth-order valence-electron chi connectivity index (χ4n) is 11.2. The van der Waals surface area contributed by atoms with Crippen LogP contribution in [0, 0.1) is 0 Å². The van der Waals surface area contributed by atoms with Gasteiger partial charge in [-0.1, -0.05) is 18.2 Å². The number of amides is 4. The Morgan fingerprint density at radius 3 is 1.14 bits per heavy atom. The van der Waals surface area contributed by atoms with Crippen LogP contribution in [0.1, 0.15) is 126 Å². The summed E-state index contributed by atoms with van der Waals surface area (Å²) in [5.74, 6) is -1.92. The molecule has 0 saturated carbocycles. The van der Waals surface area contributed by atoms with Gasteiger partial charge in [0.05, 0.1) is 103 Å². The van der Waals surface area contributed by atoms with Gasteiger partial charge in [0, 0.05) is 119 Å². The van der Waals surface area contributed by atoms with Gasteiger partial charge in [0.1, 0.15) is 28.4 Å². The minimum atomic E-state index is -1.40. The number of anilines is 7. The number of nitrogens with zero attached hydrogens (tertiary/aromatic N) is 11. The number of nitrogen functional groups attached to an aromatic ring is 2. The van der Waals surface area contributed by atoms with Gasteiger partial charge in [-0.2, -0.15) is 0 Å². The van der Waals surface area contributed by atoms with Crippen LogP contribution in [0.5, 0.6) is 0 Å². The van der Waals surface area contributed by atoms with E-state index in [9.17, 15) is 38.7 Å². The van der Waals surface area contributed by atoms with Crippen molar-refractivity contribution in [2.24, 2.45) is 0 Å². The predicted octanol–water partition coefficient (Wildman–Crippen LogP) is 8.50. The van der Waals surface area contributed by atoms with Crippen LogP contribution in [-0.4, -0.2) is 183 Å². The molecule has 6 aromatic heterocycles. The first-order chi connectivity index (χ1) is 52.1. The van der Waals surface area contributed by atoms with E-state index in [-0.39, 0.29) is 72.9 Å². The summed E-state index contributed by atoms with van der Waals surface area (Å²) < 4.78 is 36.7. The molecule has 3 aromatic carbocycles. The van der Waals surface area contributed by atoms with E-state index in [1.54, 1.807) is 138 Å². The smallest absolute Gasteiger partial charge is 0.542 e. The fraction of sp³-hybridized carbons (Fsp3) is 0.380. The summed E-state index contributed by atoms with van der Waals surface area (Å²) in [4.78, 5) is 119. The number of carbonyl (C=O) groups is 7. The van der Waals surface area contributed by atoms with Crippen molar-refractivity contribution in [3.63, 3.8) is 0 Å². The van der Waals surface area contributed by atoms with Crippen molar-refractivity contribution in [1.29, 1.82) is 0 Å². The Balaban J connectivity index is 0.000000193. The van der Waals surface area contributed by atoms with E-state index in [1.165, 1.54) is 12.4 Å². The number of carboxylic acids is 1. The summed E-state index contributed by atoms with van der Waals surface area (Å²) >= 11 is 0. The van der Waals surface area contributed by atoms with Crippen molar-refractivity contribution in [2.75, 3.05) is 115 Å². The van der Waals surface area contributed by atoms with Crippen LogP contribution < -0.4 is 66.1 Å². The number of hydrogen-bond acceptors (Lipinski definition) is 27. The Labute approximate surface area is 656 Å². The molecule has 582 valence electrons. The summed E-state index contributed by atoms with van der Waals surface area (Å²) in [6.45, 7) is 29.9. The average Bonchev–Trinajstić information content (AvgIpc) is 1.25. The van der Waals surface area contributed by atoms with E-state index < -0.39 is 40.6 Å². The summed E-state index contributed by atoms with van der Waals surface area (Å²) in [5.41, 5.74) is 20.9. The number of rotatable bonds is 15. The van der Waals surface area contributed by atoms with Gasteiger partial charge in [0.25, 0.3) is 0 Å². The second-order valence-corrected chi connectivity index (χ2v) is 29.8. The molecule has 9 aromatic rings. The van der Waals surface area contributed by atoms with E-state index >= 15 is 0 Å². The Morgan fingerprint density at radius 2 is 0.766 bits per heavy atom. The van der Waals surface area contributed by atoms with Gasteiger partial charge in [0.2, 0.25) is 11.6 Å². The Bertz CT molecular complexity index is 4560. The van der Waals surface area contributed by atoms with Crippen LogP contribution in [0.25, 0.3) is 33.4 Å². The molecule has 4 amide bonds. The van der Waals surface area contributed by atoms with Crippen LogP contribution in [0.4, 0.5) is 59.0 Å². The maximum Gasteiger partial charge on any atom is 1.00 e. The molecule has 0 bridgehead atoms. The van der Waals surface area contributed by atoms with Crippen molar-refractivity contribution < 1.29 is 89.7 Å². The second-order valence-electron chi connectivity index (χ2n) is 29.8. The molecule has 9 heterocycles. The number of carboxylic acid groups (broad SMARTS) is 1. The number of carbonyl (C=O) groups excluding carboxylic acids is 7. The van der Waals surface area contributed by atoms with Crippen molar-refractivity contribution in [3.8, 4) is 33.4 Å². The molecule has 12 rings (SSSR count). The molecule has 0 unspecified atom stereocenters.